The third-order valence-electron chi connectivity index (χ3n) is 3.53. The van der Waals surface area contributed by atoms with Gasteiger partial charge in [0.1, 0.15) is 0 Å². The minimum absolute atomic E-state index is 0.00637. The van der Waals surface area contributed by atoms with E-state index in [1.165, 1.54) is 5.57 Å². The molecule has 0 aromatic heterocycles. The maximum absolute atomic E-state index is 9.19. The topological polar surface area (TPSA) is 35.8 Å². The van der Waals surface area contributed by atoms with E-state index in [1.54, 1.807) is 0 Å². The van der Waals surface area contributed by atoms with E-state index in [4.69, 9.17) is 0 Å². The normalized spacial score (nSPS) is 22.1. The molecule has 0 radical (unpaired) electrons. The van der Waals surface area contributed by atoms with Gasteiger partial charge in [0.2, 0.25) is 0 Å². The van der Waals surface area contributed by atoms with Gasteiger partial charge in [-0.25, -0.2) is 0 Å². The van der Waals surface area contributed by atoms with E-state index < -0.39 is 0 Å². The number of nitriles is 1. The Kier molecular flexibility index (Phi) is 2.93. The Hall–Kier alpha value is -1.75. The number of nitrogens with zero attached hydrogens (tertiary/aromatic N) is 1. The minimum atomic E-state index is 0.00637. The van der Waals surface area contributed by atoms with Crippen molar-refractivity contribution in [3.05, 3.63) is 35.4 Å². The van der Waals surface area contributed by atoms with Crippen LogP contribution in [0, 0.1) is 11.3 Å². The number of allylic oxidation sites excluding steroid dienone is 1. The van der Waals surface area contributed by atoms with Crippen molar-refractivity contribution in [1.82, 2.24) is 0 Å². The van der Waals surface area contributed by atoms with Crippen LogP contribution in [0.1, 0.15) is 44.7 Å². The number of hydrogen-bond donors (Lipinski definition) is 1. The Morgan fingerprint density at radius 2 is 2.12 bits per heavy atom. The fraction of sp³-hybridized carbons (Fsp3) is 0.400. The molecule has 0 spiro atoms. The Bertz CT molecular complexity index is 508. The molecule has 17 heavy (non-hydrogen) atoms. The molecule has 0 fully saturated rings. The highest BCUT2D eigenvalue weighted by molar-refractivity contribution is 5.84. The molecule has 0 unspecified atom stereocenters. The SMILES string of the molecule is CCC1=C[C@](C)(CC)Nc2cccc(C#N)c21. The molecule has 2 heteroatoms. The Labute approximate surface area is 103 Å². The lowest BCUT2D eigenvalue weighted by atomic mass is 9.84. The van der Waals surface area contributed by atoms with Gasteiger partial charge in [-0.15, -0.1) is 0 Å². The van der Waals surface area contributed by atoms with Crippen molar-refractivity contribution in [2.24, 2.45) is 0 Å². The summed E-state index contributed by atoms with van der Waals surface area (Å²) in [5.41, 5.74) is 4.23. The number of fused-ring (bicyclic) bond motifs is 1. The molecule has 0 aliphatic carbocycles. The molecule has 2 nitrogen and oxygen atoms in total. The maximum Gasteiger partial charge on any atom is 0.0998 e. The van der Waals surface area contributed by atoms with Gasteiger partial charge in [0.05, 0.1) is 17.2 Å². The van der Waals surface area contributed by atoms with Crippen molar-refractivity contribution in [2.75, 3.05) is 5.32 Å². The summed E-state index contributed by atoms with van der Waals surface area (Å²) in [4.78, 5) is 0. The summed E-state index contributed by atoms with van der Waals surface area (Å²) in [5.74, 6) is 0. The molecule has 1 aliphatic rings. The van der Waals surface area contributed by atoms with Crippen LogP contribution in [0.15, 0.2) is 24.3 Å². The molecule has 0 bridgehead atoms. The standard InChI is InChI=1S/C15H18N2/c1-4-11-9-15(3,5-2)17-13-8-6-7-12(10-16)14(11)13/h6-9,17H,4-5H2,1-3H3/t15-/m0/s1. The third-order valence-corrected chi connectivity index (χ3v) is 3.53. The first kappa shape index (κ1) is 11.7. The second-order valence-corrected chi connectivity index (χ2v) is 4.76. The van der Waals surface area contributed by atoms with Crippen molar-refractivity contribution < 1.29 is 0 Å². The van der Waals surface area contributed by atoms with Crippen LogP contribution >= 0.6 is 0 Å². The van der Waals surface area contributed by atoms with E-state index in [0.717, 1.165) is 29.7 Å². The molecule has 0 amide bonds. The summed E-state index contributed by atoms with van der Waals surface area (Å²) >= 11 is 0. The maximum atomic E-state index is 9.19. The highest BCUT2D eigenvalue weighted by atomic mass is 15.0. The second-order valence-electron chi connectivity index (χ2n) is 4.76. The van der Waals surface area contributed by atoms with Crippen LogP contribution in [0.2, 0.25) is 0 Å². The van der Waals surface area contributed by atoms with E-state index in [-0.39, 0.29) is 5.54 Å². The lowest BCUT2D eigenvalue weighted by molar-refractivity contribution is 0.607. The van der Waals surface area contributed by atoms with Gasteiger partial charge < -0.3 is 5.32 Å². The number of benzene rings is 1. The first-order valence-corrected chi connectivity index (χ1v) is 6.17. The summed E-state index contributed by atoms with van der Waals surface area (Å²) < 4.78 is 0. The molecule has 1 aliphatic heterocycles. The van der Waals surface area contributed by atoms with Gasteiger partial charge in [-0.2, -0.15) is 5.26 Å². The fourth-order valence-corrected chi connectivity index (χ4v) is 2.37. The average molecular weight is 226 g/mol. The molecule has 1 atom stereocenters. The van der Waals surface area contributed by atoms with Gasteiger partial charge in [0.15, 0.2) is 0 Å². The summed E-state index contributed by atoms with van der Waals surface area (Å²) in [6.45, 7) is 6.52. The predicted octanol–water partition coefficient (Wildman–Crippen LogP) is 3.95. The molecular formula is C15H18N2. The highest BCUT2D eigenvalue weighted by Crippen LogP contribution is 2.38. The lowest BCUT2D eigenvalue weighted by Gasteiger charge is -2.35. The van der Waals surface area contributed by atoms with Crippen LogP contribution in [-0.4, -0.2) is 5.54 Å². The molecule has 2 rings (SSSR count). The zero-order valence-corrected chi connectivity index (χ0v) is 10.7. The predicted molar refractivity (Wildman–Crippen MR) is 71.7 cm³/mol. The number of anilines is 1. The van der Waals surface area contributed by atoms with Gasteiger partial charge in [0, 0.05) is 11.3 Å². The summed E-state index contributed by atoms with van der Waals surface area (Å²) in [5, 5.41) is 12.7. The van der Waals surface area contributed by atoms with E-state index in [1.807, 2.05) is 12.1 Å². The molecular weight excluding hydrogens is 208 g/mol. The van der Waals surface area contributed by atoms with Gasteiger partial charge >= 0.3 is 0 Å². The minimum Gasteiger partial charge on any atom is -0.376 e. The monoisotopic (exact) mass is 226 g/mol. The number of hydrogen-bond acceptors (Lipinski definition) is 2. The molecule has 0 saturated heterocycles. The first-order valence-electron chi connectivity index (χ1n) is 6.17. The van der Waals surface area contributed by atoms with E-state index >= 15 is 0 Å². The molecule has 0 saturated carbocycles. The van der Waals surface area contributed by atoms with E-state index in [9.17, 15) is 5.26 Å². The van der Waals surface area contributed by atoms with Crippen LogP contribution in [0.5, 0.6) is 0 Å². The summed E-state index contributed by atoms with van der Waals surface area (Å²) in [6, 6.07) is 8.18. The van der Waals surface area contributed by atoms with Crippen LogP contribution in [0.3, 0.4) is 0 Å². The Morgan fingerprint density at radius 1 is 1.35 bits per heavy atom. The zero-order chi connectivity index (χ0) is 12.5. The molecule has 1 aromatic rings. The third kappa shape index (κ3) is 1.93. The average Bonchev–Trinajstić information content (AvgIpc) is 2.36. The largest absolute Gasteiger partial charge is 0.376 e. The van der Waals surface area contributed by atoms with Gasteiger partial charge in [0.25, 0.3) is 0 Å². The van der Waals surface area contributed by atoms with Crippen LogP contribution in [0.4, 0.5) is 5.69 Å². The summed E-state index contributed by atoms with van der Waals surface area (Å²) in [7, 11) is 0. The summed E-state index contributed by atoms with van der Waals surface area (Å²) in [6.07, 6.45) is 4.27. The van der Waals surface area contributed by atoms with Crippen LogP contribution in [-0.2, 0) is 0 Å². The van der Waals surface area contributed by atoms with E-state index in [2.05, 4.69) is 44.3 Å². The molecule has 88 valence electrons. The van der Waals surface area contributed by atoms with Crippen molar-refractivity contribution in [3.63, 3.8) is 0 Å². The lowest BCUT2D eigenvalue weighted by Crippen LogP contribution is -2.34. The molecule has 1 aromatic carbocycles. The second kappa shape index (κ2) is 4.25. The van der Waals surface area contributed by atoms with Crippen molar-refractivity contribution in [2.45, 2.75) is 39.2 Å². The fourth-order valence-electron chi connectivity index (χ4n) is 2.37. The van der Waals surface area contributed by atoms with Crippen molar-refractivity contribution >= 4 is 11.3 Å². The Balaban J connectivity index is 2.63. The van der Waals surface area contributed by atoms with Gasteiger partial charge in [-0.1, -0.05) is 26.0 Å². The van der Waals surface area contributed by atoms with Crippen LogP contribution < -0.4 is 5.32 Å². The van der Waals surface area contributed by atoms with Crippen molar-refractivity contribution in [1.29, 1.82) is 5.26 Å². The zero-order valence-electron chi connectivity index (χ0n) is 10.7. The highest BCUT2D eigenvalue weighted by Gasteiger charge is 2.27. The van der Waals surface area contributed by atoms with E-state index in [0.29, 0.717) is 0 Å². The van der Waals surface area contributed by atoms with Gasteiger partial charge in [-0.05, 0) is 37.5 Å². The first-order chi connectivity index (χ1) is 8.13. The Morgan fingerprint density at radius 3 is 2.71 bits per heavy atom. The van der Waals surface area contributed by atoms with Crippen LogP contribution in [0.25, 0.3) is 5.57 Å². The number of nitrogens with one attached hydrogen (secondary N) is 1. The van der Waals surface area contributed by atoms with Gasteiger partial charge in [-0.3, -0.25) is 0 Å². The smallest absolute Gasteiger partial charge is 0.0998 e. The molecule has 1 heterocycles. The van der Waals surface area contributed by atoms with Crippen molar-refractivity contribution in [3.8, 4) is 6.07 Å². The quantitative estimate of drug-likeness (QED) is 0.829. The molecule has 1 N–H and O–H groups in total. The number of rotatable bonds is 2.